The highest BCUT2D eigenvalue weighted by Gasteiger charge is 2.39. The van der Waals surface area contributed by atoms with E-state index in [2.05, 4.69) is 70.1 Å². The second-order valence-electron chi connectivity index (χ2n) is 26.0. The zero-order valence-corrected chi connectivity index (χ0v) is 61.7. The number of nitrogens with zero attached hydrogens (tertiary/aromatic N) is 4. The molecule has 0 fully saturated rings. The summed E-state index contributed by atoms with van der Waals surface area (Å²) in [6.07, 6.45) is 10.9. The lowest BCUT2D eigenvalue weighted by atomic mass is 9.97. The van der Waals surface area contributed by atoms with E-state index in [1.807, 2.05) is 147 Å². The number of hydrogen-bond donors (Lipinski definition) is 3. The van der Waals surface area contributed by atoms with E-state index in [9.17, 15) is 20.6 Å². The highest BCUT2D eigenvalue weighted by atomic mass is 32.1. The summed E-state index contributed by atoms with van der Waals surface area (Å²) in [6, 6.07) is 67.0. The van der Waals surface area contributed by atoms with Gasteiger partial charge in [-0.2, -0.15) is 0 Å². The molecule has 107 heavy (non-hydrogen) atoms. The SMILES string of the molecule is [C-]#[N+]C1=C(/C=C/c2sc3c(CCCOCc4cc(OCc5cccc(O)c5)cc(OCc5cccc(O)c5)c4)c(/C=C/c4ccc(N(c5ccc(OC)cc5)c5ccc(OC)cc5)cc4)sc3c2CCCOCc2cc(OCc3cccc(C)c3)cc(OCc3cccc(O)c3)c2)C(C)(C)O/C1=C(\C#N)[N+]#[C-]. The molecule has 12 rings (SSSR count). The monoisotopic (exact) mass is 1460 g/mol. The molecule has 540 valence electrons. The van der Waals surface area contributed by atoms with E-state index in [0.717, 1.165) is 103 Å². The highest BCUT2D eigenvalue weighted by molar-refractivity contribution is 7.29. The van der Waals surface area contributed by atoms with Crippen LogP contribution in [0.3, 0.4) is 0 Å². The van der Waals surface area contributed by atoms with Crippen LogP contribution in [-0.4, -0.2) is 48.4 Å². The van der Waals surface area contributed by atoms with Gasteiger partial charge in [0.05, 0.1) is 46.6 Å². The molecule has 18 heteroatoms. The van der Waals surface area contributed by atoms with E-state index in [1.54, 1.807) is 91.5 Å². The van der Waals surface area contributed by atoms with Crippen LogP contribution in [0.2, 0.25) is 0 Å². The molecule has 16 nitrogen and oxygen atoms in total. The lowest BCUT2D eigenvalue weighted by Gasteiger charge is -2.26. The summed E-state index contributed by atoms with van der Waals surface area (Å²) >= 11 is 3.42. The number of phenols is 3. The fraction of sp³-hybridized carbons (Fsp3) is 0.202. The summed E-state index contributed by atoms with van der Waals surface area (Å²) in [7, 11) is 3.32. The molecule has 0 saturated carbocycles. The second-order valence-corrected chi connectivity index (χ2v) is 28.1. The molecule has 0 unspecified atom stereocenters. The highest BCUT2D eigenvalue weighted by Crippen LogP contribution is 2.47. The molecule has 1 aliphatic rings. The summed E-state index contributed by atoms with van der Waals surface area (Å²) in [5.41, 5.74) is 11.8. The zero-order chi connectivity index (χ0) is 74.7. The molecule has 1 aliphatic heterocycles. The van der Waals surface area contributed by atoms with Crippen molar-refractivity contribution >= 4 is 67.4 Å². The summed E-state index contributed by atoms with van der Waals surface area (Å²) in [6.45, 7) is 24.2. The Morgan fingerprint density at radius 2 is 0.907 bits per heavy atom. The van der Waals surface area contributed by atoms with Gasteiger partial charge in [0.25, 0.3) is 5.70 Å². The van der Waals surface area contributed by atoms with E-state index >= 15 is 0 Å². The number of anilines is 3. The van der Waals surface area contributed by atoms with Gasteiger partial charge in [-0.05, 0) is 230 Å². The molecular weight excluding hydrogens is 1380 g/mol. The number of thiophene rings is 2. The van der Waals surface area contributed by atoms with Gasteiger partial charge in [0.1, 0.15) is 89.5 Å². The van der Waals surface area contributed by atoms with Gasteiger partial charge in [0, 0.05) is 67.1 Å². The van der Waals surface area contributed by atoms with Crippen LogP contribution in [0, 0.1) is 31.4 Å². The minimum atomic E-state index is -1.02. The normalized spacial score (nSPS) is 12.9. The molecule has 0 saturated heterocycles. The van der Waals surface area contributed by atoms with E-state index in [1.165, 1.54) is 0 Å². The third-order valence-corrected chi connectivity index (χ3v) is 20.4. The molecule has 0 atom stereocenters. The Morgan fingerprint density at radius 3 is 1.30 bits per heavy atom. The number of nitriles is 1. The van der Waals surface area contributed by atoms with E-state index < -0.39 is 5.60 Å². The number of rotatable bonds is 33. The van der Waals surface area contributed by atoms with Crippen LogP contribution in [0.4, 0.5) is 17.1 Å². The minimum Gasteiger partial charge on any atom is -0.508 e. The number of allylic oxidation sites excluding steroid dienone is 1. The third kappa shape index (κ3) is 19.6. The van der Waals surface area contributed by atoms with Crippen molar-refractivity contribution < 1.29 is 58.0 Å². The van der Waals surface area contributed by atoms with Crippen LogP contribution in [0.15, 0.2) is 235 Å². The standard InChI is InChI=1S/C89H80N4O12S2/c1-59-14-8-15-61(42-59)55-101-75-46-65(47-76(50-75)102-56-62-16-9-19-70(94)43-62)53-100-41-13-23-80-84(39-37-81-85(92-5)86(82(52-90)91-4)105-89(81,2)3)107-87-79(22-12-40-99-54-66-48-77(103-57-63-17-10-20-71(95)44-63)51-78(49-66)104-58-64-18-11-21-72(96)45-64)83(106-88(80)87)38-26-60-24-27-67(28-25-60)93(68-29-33-73(97-6)34-30-68)69-31-35-74(98-7)36-32-69/h8-11,14-21,24-39,42-51,94-96H,12-13,22-23,40-41,53-58H2,1-3,6-7H3/b38-26+,39-37+,86-82+. The number of ether oxygens (including phenoxy) is 9. The van der Waals surface area contributed by atoms with Crippen LogP contribution in [0.25, 0.3) is 37.3 Å². The number of hydrogen-bond acceptors (Lipinski definition) is 16. The topological polar surface area (TPSA) is 180 Å². The van der Waals surface area contributed by atoms with Crippen molar-refractivity contribution in [3.8, 4) is 57.8 Å². The Hall–Kier alpha value is -12.2. The van der Waals surface area contributed by atoms with E-state index in [0.29, 0.717) is 74.1 Å². The van der Waals surface area contributed by atoms with Gasteiger partial charge in [0.15, 0.2) is 0 Å². The van der Waals surface area contributed by atoms with Gasteiger partial charge in [-0.15, -0.1) is 22.7 Å². The lowest BCUT2D eigenvalue weighted by molar-refractivity contribution is 0.0952. The zero-order valence-electron chi connectivity index (χ0n) is 60.0. The summed E-state index contributed by atoms with van der Waals surface area (Å²) in [5.74, 6) is 4.31. The van der Waals surface area contributed by atoms with Crippen LogP contribution in [0.1, 0.15) is 92.1 Å². The van der Waals surface area contributed by atoms with Gasteiger partial charge >= 0.3 is 0 Å². The summed E-state index contributed by atoms with van der Waals surface area (Å²) in [5, 5.41) is 40.5. The molecular formula is C89H80N4O12S2. The maximum atomic E-state index is 10.2. The first-order chi connectivity index (χ1) is 52.1. The number of aromatic hydroxyl groups is 3. The quantitative estimate of drug-likeness (QED) is 0.0201. The number of phenolic OH excluding ortho intramolecular Hbond substituents is 3. The summed E-state index contributed by atoms with van der Waals surface area (Å²) in [4.78, 5) is 11.5. The molecule has 0 aliphatic carbocycles. The van der Waals surface area contributed by atoms with Crippen molar-refractivity contribution in [2.45, 2.75) is 91.7 Å². The second kappa shape index (κ2) is 35.5. The number of methoxy groups -OCH3 is 2. The first kappa shape index (κ1) is 74.5. The molecule has 0 radical (unpaired) electrons. The lowest BCUT2D eigenvalue weighted by Crippen LogP contribution is -2.20. The molecule has 0 amide bonds. The average Bonchev–Trinajstić information content (AvgIpc) is 1.61. The van der Waals surface area contributed by atoms with E-state index in [-0.39, 0.29) is 67.4 Å². The maximum Gasteiger partial charge on any atom is 0.292 e. The Labute approximate surface area is 631 Å². The smallest absolute Gasteiger partial charge is 0.292 e. The van der Waals surface area contributed by atoms with Crippen LogP contribution < -0.4 is 33.3 Å². The molecule has 11 aromatic rings. The molecule has 0 spiro atoms. The van der Waals surface area contributed by atoms with Crippen molar-refractivity contribution in [1.82, 2.24) is 0 Å². The van der Waals surface area contributed by atoms with Gasteiger partial charge in [-0.3, -0.25) is 0 Å². The van der Waals surface area contributed by atoms with Crippen molar-refractivity contribution in [2.24, 2.45) is 0 Å². The van der Waals surface area contributed by atoms with Gasteiger partial charge in [0.2, 0.25) is 5.70 Å². The van der Waals surface area contributed by atoms with Gasteiger partial charge in [-0.25, -0.2) is 15.0 Å². The molecule has 3 heterocycles. The number of benzene rings is 9. The largest absolute Gasteiger partial charge is 0.508 e. The molecule has 0 bridgehead atoms. The fourth-order valence-corrected chi connectivity index (χ4v) is 15.3. The Kier molecular flexibility index (Phi) is 24.7. The van der Waals surface area contributed by atoms with Crippen molar-refractivity contribution in [2.75, 3.05) is 32.3 Å². The predicted molar refractivity (Wildman–Crippen MR) is 422 cm³/mol. The van der Waals surface area contributed by atoms with Crippen LogP contribution in [-0.2, 0) is 66.7 Å². The predicted octanol–water partition coefficient (Wildman–Crippen LogP) is 21.3. The van der Waals surface area contributed by atoms with E-state index in [4.69, 9.17) is 55.8 Å². The van der Waals surface area contributed by atoms with Crippen molar-refractivity contribution in [3.05, 3.63) is 323 Å². The third-order valence-electron chi connectivity index (χ3n) is 17.7. The van der Waals surface area contributed by atoms with Gasteiger partial charge in [-0.1, -0.05) is 90.5 Å². The molecule has 2 aromatic heterocycles. The summed E-state index contributed by atoms with van der Waals surface area (Å²) < 4.78 is 57.9. The Bertz CT molecular complexity index is 5010. The number of fused-ring (bicyclic) bond motifs is 1. The molecule has 9 aromatic carbocycles. The van der Waals surface area contributed by atoms with Gasteiger partial charge < -0.3 is 62.9 Å². The number of aryl methyl sites for hydroxylation is 3. The average molecular weight is 1460 g/mol. The minimum absolute atomic E-state index is 0.0164. The first-order valence-corrected chi connectivity index (χ1v) is 36.5. The van der Waals surface area contributed by atoms with Crippen molar-refractivity contribution in [3.63, 3.8) is 0 Å². The van der Waals surface area contributed by atoms with Crippen LogP contribution >= 0.6 is 22.7 Å². The fourth-order valence-electron chi connectivity index (χ4n) is 12.5. The Balaban J connectivity index is 0.855. The van der Waals surface area contributed by atoms with Crippen molar-refractivity contribution in [1.29, 1.82) is 5.26 Å². The van der Waals surface area contributed by atoms with Crippen LogP contribution in [0.5, 0.6) is 51.7 Å². The molecule has 3 N–H and O–H groups in total. The maximum absolute atomic E-state index is 10.2. The Morgan fingerprint density at radius 1 is 0.495 bits per heavy atom. The first-order valence-electron chi connectivity index (χ1n) is 34.9.